The molecule has 0 unspecified atom stereocenters. The normalized spacial score (nSPS) is 11.6. The van der Waals surface area contributed by atoms with Gasteiger partial charge in [-0.2, -0.15) is 10.4 Å². The number of hydrogen-bond acceptors (Lipinski definition) is 8. The fourth-order valence-corrected chi connectivity index (χ4v) is 3.01. The molecule has 9 nitrogen and oxygen atoms in total. The maximum Gasteiger partial charge on any atom is 0.175 e. The molecule has 0 amide bonds. The van der Waals surface area contributed by atoms with Crippen molar-refractivity contribution in [3.8, 4) is 23.1 Å². The van der Waals surface area contributed by atoms with Gasteiger partial charge >= 0.3 is 0 Å². The fourth-order valence-electron chi connectivity index (χ4n) is 2.84. The third-order valence-electron chi connectivity index (χ3n) is 4.24. The molecule has 3 aromatic heterocycles. The van der Waals surface area contributed by atoms with Crippen LogP contribution in [-0.2, 0) is 0 Å². The first-order valence-electron chi connectivity index (χ1n) is 8.38. The van der Waals surface area contributed by atoms with Crippen LogP contribution in [0.15, 0.2) is 47.8 Å². The average Bonchev–Trinajstić information content (AvgIpc) is 3.08. The molecule has 0 aliphatic carbocycles. The molecular formula is C19H13ClN8O. The Morgan fingerprint density at radius 1 is 1.28 bits per heavy atom. The Balaban J connectivity index is 1.98. The van der Waals surface area contributed by atoms with Gasteiger partial charge in [0.15, 0.2) is 16.6 Å². The highest BCUT2D eigenvalue weighted by molar-refractivity contribution is 6.29. The number of imidazole rings is 1. The number of nitriles is 1. The lowest BCUT2D eigenvalue weighted by atomic mass is 10.0. The number of para-hydroxylation sites is 1. The highest BCUT2D eigenvalue weighted by Crippen LogP contribution is 2.32. The molecule has 4 aromatic rings. The molecule has 0 bridgehead atoms. The second-order valence-corrected chi connectivity index (χ2v) is 6.43. The molecule has 3 heterocycles. The standard InChI is InChI=1S/C19H13ClN8O/c1-10(26-19-13(7-21)18(22)24-9-25-19)12-6-16-23-8-15(20)28(16)27-17(12)11-4-2-3-5-14(11)29/h2-6,8-9,29H,1H3,(H2,22,24,25). The largest absolute Gasteiger partial charge is 0.507 e. The molecule has 0 saturated heterocycles. The lowest BCUT2D eigenvalue weighted by Crippen LogP contribution is -2.06. The van der Waals surface area contributed by atoms with Crippen LogP contribution in [0.1, 0.15) is 18.1 Å². The van der Waals surface area contributed by atoms with Crippen LogP contribution in [0.25, 0.3) is 16.9 Å². The van der Waals surface area contributed by atoms with E-state index in [2.05, 4.69) is 25.0 Å². The van der Waals surface area contributed by atoms with E-state index in [4.69, 9.17) is 17.3 Å². The van der Waals surface area contributed by atoms with Crippen molar-refractivity contribution in [3.63, 3.8) is 0 Å². The predicted molar refractivity (Wildman–Crippen MR) is 108 cm³/mol. The highest BCUT2D eigenvalue weighted by Gasteiger charge is 2.18. The molecule has 0 saturated carbocycles. The van der Waals surface area contributed by atoms with E-state index in [1.54, 1.807) is 37.3 Å². The van der Waals surface area contributed by atoms with Crippen molar-refractivity contribution in [1.29, 1.82) is 5.26 Å². The summed E-state index contributed by atoms with van der Waals surface area (Å²) in [5.41, 5.74) is 8.34. The molecule has 0 aliphatic heterocycles. The Kier molecular flexibility index (Phi) is 4.54. The smallest absolute Gasteiger partial charge is 0.175 e. The number of hydrogen-bond donors (Lipinski definition) is 2. The Labute approximate surface area is 169 Å². The Hall–Kier alpha value is -4.03. The van der Waals surface area contributed by atoms with Gasteiger partial charge in [0.1, 0.15) is 35.2 Å². The molecule has 4 rings (SSSR count). The number of aliphatic imine (C=N–C) groups is 1. The van der Waals surface area contributed by atoms with Crippen LogP contribution >= 0.6 is 11.6 Å². The second kappa shape index (κ2) is 7.18. The summed E-state index contributed by atoms with van der Waals surface area (Å²) in [5.74, 6) is 0.235. The van der Waals surface area contributed by atoms with Crippen molar-refractivity contribution in [2.45, 2.75) is 6.92 Å². The van der Waals surface area contributed by atoms with Crippen molar-refractivity contribution < 1.29 is 5.11 Å². The van der Waals surface area contributed by atoms with Gasteiger partial charge in [-0.1, -0.05) is 23.7 Å². The average molecular weight is 405 g/mol. The van der Waals surface area contributed by atoms with E-state index in [1.165, 1.54) is 17.0 Å². The number of rotatable bonds is 3. The topological polar surface area (TPSA) is 138 Å². The first-order chi connectivity index (χ1) is 14.0. The van der Waals surface area contributed by atoms with E-state index in [0.717, 1.165) is 0 Å². The number of aromatic nitrogens is 5. The van der Waals surface area contributed by atoms with Crippen molar-refractivity contribution in [2.75, 3.05) is 5.73 Å². The van der Waals surface area contributed by atoms with E-state index in [-0.39, 0.29) is 22.9 Å². The number of aromatic hydroxyl groups is 1. The molecule has 10 heteroatoms. The lowest BCUT2D eigenvalue weighted by Gasteiger charge is -2.11. The summed E-state index contributed by atoms with van der Waals surface area (Å²) >= 11 is 6.17. The van der Waals surface area contributed by atoms with Crippen LogP contribution in [0.5, 0.6) is 5.75 Å². The van der Waals surface area contributed by atoms with Crippen LogP contribution in [0.2, 0.25) is 5.15 Å². The number of anilines is 1. The third-order valence-corrected chi connectivity index (χ3v) is 4.50. The summed E-state index contributed by atoms with van der Waals surface area (Å²) in [6.07, 6.45) is 2.72. The summed E-state index contributed by atoms with van der Waals surface area (Å²) in [6.45, 7) is 1.74. The van der Waals surface area contributed by atoms with Crippen molar-refractivity contribution in [2.24, 2.45) is 4.99 Å². The minimum absolute atomic E-state index is 0.0450. The quantitative estimate of drug-likeness (QED) is 0.500. The second-order valence-electron chi connectivity index (χ2n) is 6.04. The summed E-state index contributed by atoms with van der Waals surface area (Å²) < 4.78 is 1.46. The summed E-state index contributed by atoms with van der Waals surface area (Å²) in [5, 5.41) is 24.6. The van der Waals surface area contributed by atoms with Gasteiger partial charge in [-0.15, -0.1) is 0 Å². The molecule has 1 aromatic carbocycles. The van der Waals surface area contributed by atoms with Gasteiger partial charge in [-0.3, -0.25) is 0 Å². The Bertz CT molecular complexity index is 1320. The number of phenols is 1. The molecule has 0 atom stereocenters. The van der Waals surface area contributed by atoms with Crippen molar-refractivity contribution >= 4 is 34.6 Å². The summed E-state index contributed by atoms with van der Waals surface area (Å²) in [6, 6.07) is 10.5. The number of halogens is 1. The molecule has 0 fully saturated rings. The number of benzene rings is 1. The Morgan fingerprint density at radius 2 is 2.07 bits per heavy atom. The SMILES string of the molecule is CC(=Nc1ncnc(N)c1C#N)c1cc2ncc(Cl)n2nc1-c1ccccc1O. The Morgan fingerprint density at radius 3 is 2.83 bits per heavy atom. The van der Waals surface area contributed by atoms with E-state index < -0.39 is 0 Å². The van der Waals surface area contributed by atoms with Gasteiger partial charge in [0.05, 0.1) is 6.20 Å². The zero-order valence-electron chi connectivity index (χ0n) is 15.1. The first-order valence-corrected chi connectivity index (χ1v) is 8.76. The van der Waals surface area contributed by atoms with E-state index in [9.17, 15) is 10.4 Å². The van der Waals surface area contributed by atoms with Gasteiger partial charge < -0.3 is 10.8 Å². The monoisotopic (exact) mass is 404 g/mol. The van der Waals surface area contributed by atoms with Crippen LogP contribution in [0.4, 0.5) is 11.6 Å². The lowest BCUT2D eigenvalue weighted by molar-refractivity contribution is 0.477. The number of nitrogen functional groups attached to an aromatic ring is 1. The third kappa shape index (κ3) is 3.22. The van der Waals surface area contributed by atoms with Crippen molar-refractivity contribution in [3.05, 3.63) is 59.1 Å². The van der Waals surface area contributed by atoms with Gasteiger partial charge in [0.25, 0.3) is 0 Å². The number of nitrogens with two attached hydrogens (primary N) is 1. The summed E-state index contributed by atoms with van der Waals surface area (Å²) in [4.78, 5) is 16.6. The molecular weight excluding hydrogens is 392 g/mol. The van der Waals surface area contributed by atoms with Gasteiger partial charge in [-0.25, -0.2) is 24.5 Å². The van der Waals surface area contributed by atoms with E-state index in [1.807, 2.05) is 6.07 Å². The highest BCUT2D eigenvalue weighted by atomic mass is 35.5. The maximum absolute atomic E-state index is 10.4. The molecule has 142 valence electrons. The molecule has 0 spiro atoms. The predicted octanol–water partition coefficient (Wildman–Crippen LogP) is 3.14. The molecule has 29 heavy (non-hydrogen) atoms. The molecule has 0 radical (unpaired) electrons. The van der Waals surface area contributed by atoms with Crippen LogP contribution in [0.3, 0.4) is 0 Å². The first kappa shape index (κ1) is 18.3. The maximum atomic E-state index is 10.4. The van der Waals surface area contributed by atoms with Gasteiger partial charge in [-0.05, 0) is 25.1 Å². The van der Waals surface area contributed by atoms with Crippen LogP contribution < -0.4 is 5.73 Å². The van der Waals surface area contributed by atoms with E-state index >= 15 is 0 Å². The van der Waals surface area contributed by atoms with E-state index in [0.29, 0.717) is 33.3 Å². The van der Waals surface area contributed by atoms with Gasteiger partial charge in [0.2, 0.25) is 0 Å². The molecule has 0 aliphatic rings. The summed E-state index contributed by atoms with van der Waals surface area (Å²) in [7, 11) is 0. The number of nitrogens with zero attached hydrogens (tertiary/aromatic N) is 7. The minimum atomic E-state index is 0.0450. The van der Waals surface area contributed by atoms with Gasteiger partial charge in [0, 0.05) is 16.8 Å². The zero-order valence-corrected chi connectivity index (χ0v) is 15.8. The fraction of sp³-hybridized carbons (Fsp3) is 0.0526. The molecule has 3 N–H and O–H groups in total. The van der Waals surface area contributed by atoms with Crippen LogP contribution in [0, 0.1) is 11.3 Å². The zero-order chi connectivity index (χ0) is 20.5. The minimum Gasteiger partial charge on any atom is -0.507 e. The van der Waals surface area contributed by atoms with Crippen LogP contribution in [-0.4, -0.2) is 35.4 Å². The number of fused-ring (bicyclic) bond motifs is 1. The van der Waals surface area contributed by atoms with Crippen molar-refractivity contribution in [1.82, 2.24) is 24.6 Å². The number of phenolic OH excluding ortho intramolecular Hbond substituents is 1.